The van der Waals surface area contributed by atoms with Gasteiger partial charge >= 0.3 is 11.9 Å². The molecule has 1 saturated carbocycles. The van der Waals surface area contributed by atoms with Crippen LogP contribution < -0.4 is 4.90 Å². The van der Waals surface area contributed by atoms with Gasteiger partial charge in [0.1, 0.15) is 10.9 Å². The third-order valence-electron chi connectivity index (χ3n) is 7.38. The number of thiophene rings is 1. The summed E-state index contributed by atoms with van der Waals surface area (Å²) in [5.74, 6) is 4.85. The van der Waals surface area contributed by atoms with Crippen LogP contribution in [0, 0.1) is 35.0 Å². The van der Waals surface area contributed by atoms with Crippen molar-refractivity contribution in [3.63, 3.8) is 0 Å². The third kappa shape index (κ3) is 8.33. The van der Waals surface area contributed by atoms with Crippen molar-refractivity contribution in [3.8, 4) is 11.8 Å². The van der Waals surface area contributed by atoms with E-state index in [2.05, 4.69) is 18.8 Å². The summed E-state index contributed by atoms with van der Waals surface area (Å²) in [5.41, 5.74) is 0.0742. The molecule has 1 aromatic heterocycles. The van der Waals surface area contributed by atoms with Gasteiger partial charge in [-0.05, 0) is 77.7 Å². The SMILES string of the molecule is CC1CCC(C(=O)N(c2cc(C#CC(C)(C)C)sc2C(=O)OCOC(=O)C(C)C)[C@H]2CCCCN(C)C2=O)CC1. The maximum Gasteiger partial charge on any atom is 0.353 e. The Balaban J connectivity index is 2.07. The lowest BCUT2D eigenvalue weighted by Gasteiger charge is -2.36. The first-order valence-corrected chi connectivity index (χ1v) is 15.2. The van der Waals surface area contributed by atoms with E-state index in [1.807, 2.05) is 20.8 Å². The van der Waals surface area contributed by atoms with Crippen LogP contribution in [-0.4, -0.2) is 55.1 Å². The molecule has 1 aliphatic carbocycles. The molecule has 1 aliphatic heterocycles. The highest BCUT2D eigenvalue weighted by Gasteiger charge is 2.40. The molecule has 1 atom stereocenters. The molecule has 220 valence electrons. The van der Waals surface area contributed by atoms with E-state index in [9.17, 15) is 19.2 Å². The van der Waals surface area contributed by atoms with Crippen LogP contribution in [0.5, 0.6) is 0 Å². The number of anilines is 1. The molecule has 0 radical (unpaired) electrons. The summed E-state index contributed by atoms with van der Waals surface area (Å²) in [6, 6.07) is 1.02. The zero-order valence-corrected chi connectivity index (χ0v) is 25.8. The monoisotopic (exact) mass is 572 g/mol. The van der Waals surface area contributed by atoms with E-state index in [1.54, 1.807) is 36.8 Å². The van der Waals surface area contributed by atoms with Crippen LogP contribution >= 0.6 is 11.3 Å². The van der Waals surface area contributed by atoms with Crippen molar-refractivity contribution in [1.82, 2.24) is 4.90 Å². The first-order valence-electron chi connectivity index (χ1n) is 14.4. The Morgan fingerprint density at radius 2 is 1.77 bits per heavy atom. The Morgan fingerprint density at radius 3 is 2.40 bits per heavy atom. The predicted molar refractivity (Wildman–Crippen MR) is 156 cm³/mol. The molecule has 2 heterocycles. The van der Waals surface area contributed by atoms with E-state index in [0.717, 1.165) is 49.9 Å². The van der Waals surface area contributed by atoms with Crippen molar-refractivity contribution in [2.45, 2.75) is 92.5 Å². The topological polar surface area (TPSA) is 93.2 Å². The fourth-order valence-corrected chi connectivity index (χ4v) is 5.85. The van der Waals surface area contributed by atoms with Crippen molar-refractivity contribution < 1.29 is 28.7 Å². The van der Waals surface area contributed by atoms with Crippen LogP contribution in [0.4, 0.5) is 5.69 Å². The van der Waals surface area contributed by atoms with E-state index in [0.29, 0.717) is 29.4 Å². The van der Waals surface area contributed by atoms with Gasteiger partial charge < -0.3 is 14.4 Å². The fraction of sp³-hybridized carbons (Fsp3) is 0.677. The molecule has 3 rings (SSSR count). The zero-order chi connectivity index (χ0) is 29.6. The Hall–Kier alpha value is -2.86. The largest absolute Gasteiger partial charge is 0.428 e. The summed E-state index contributed by atoms with van der Waals surface area (Å²) in [4.78, 5) is 57.1. The number of nitrogens with zero attached hydrogens (tertiary/aromatic N) is 2. The summed E-state index contributed by atoms with van der Waals surface area (Å²) in [6.07, 6.45) is 5.55. The van der Waals surface area contributed by atoms with Crippen LogP contribution in [-0.2, 0) is 23.9 Å². The highest BCUT2D eigenvalue weighted by atomic mass is 32.1. The van der Waals surface area contributed by atoms with Crippen molar-refractivity contribution >= 4 is 40.8 Å². The number of carbonyl (C=O) groups excluding carboxylic acids is 4. The Kier molecular flexibility index (Phi) is 10.8. The van der Waals surface area contributed by atoms with Gasteiger partial charge in [-0.25, -0.2) is 4.79 Å². The molecule has 8 nitrogen and oxygen atoms in total. The maximum absolute atomic E-state index is 14.3. The number of rotatable bonds is 7. The van der Waals surface area contributed by atoms with E-state index in [-0.39, 0.29) is 33.9 Å². The molecule has 40 heavy (non-hydrogen) atoms. The Labute approximate surface area is 242 Å². The Morgan fingerprint density at radius 1 is 1.10 bits per heavy atom. The molecule has 2 aliphatic rings. The van der Waals surface area contributed by atoms with Gasteiger partial charge in [0, 0.05) is 24.9 Å². The quantitative estimate of drug-likeness (QED) is 0.239. The van der Waals surface area contributed by atoms with Crippen LogP contribution in [0.2, 0.25) is 0 Å². The van der Waals surface area contributed by atoms with Gasteiger partial charge in [-0.3, -0.25) is 19.3 Å². The van der Waals surface area contributed by atoms with Gasteiger partial charge in [-0.15, -0.1) is 11.3 Å². The maximum atomic E-state index is 14.3. The molecule has 1 saturated heterocycles. The minimum atomic E-state index is -0.720. The summed E-state index contributed by atoms with van der Waals surface area (Å²) >= 11 is 1.13. The third-order valence-corrected chi connectivity index (χ3v) is 8.40. The average molecular weight is 573 g/mol. The number of ether oxygens (including phenoxy) is 2. The second-order valence-electron chi connectivity index (χ2n) is 12.4. The minimum Gasteiger partial charge on any atom is -0.428 e. The number of likely N-dealkylation sites (tertiary alicyclic amines) is 1. The van der Waals surface area contributed by atoms with Crippen LogP contribution in [0.1, 0.15) is 101 Å². The van der Waals surface area contributed by atoms with Crippen molar-refractivity contribution in [2.75, 3.05) is 25.3 Å². The van der Waals surface area contributed by atoms with Gasteiger partial charge in [0.2, 0.25) is 18.6 Å². The van der Waals surface area contributed by atoms with E-state index < -0.39 is 24.8 Å². The van der Waals surface area contributed by atoms with Gasteiger partial charge in [-0.1, -0.05) is 32.6 Å². The summed E-state index contributed by atoms with van der Waals surface area (Å²) < 4.78 is 10.4. The summed E-state index contributed by atoms with van der Waals surface area (Å²) in [6.45, 7) is 11.7. The van der Waals surface area contributed by atoms with Crippen molar-refractivity contribution in [1.29, 1.82) is 0 Å². The lowest BCUT2D eigenvalue weighted by Crippen LogP contribution is -2.52. The first kappa shape index (κ1) is 31.7. The highest BCUT2D eigenvalue weighted by Crippen LogP contribution is 2.38. The van der Waals surface area contributed by atoms with Gasteiger partial charge in [-0.2, -0.15) is 0 Å². The molecule has 9 heteroatoms. The zero-order valence-electron chi connectivity index (χ0n) is 25.0. The number of hydrogen-bond donors (Lipinski definition) is 0. The first-order chi connectivity index (χ1) is 18.8. The summed E-state index contributed by atoms with van der Waals surface area (Å²) in [5, 5.41) is 0. The fourth-order valence-electron chi connectivity index (χ4n) is 4.95. The van der Waals surface area contributed by atoms with Crippen molar-refractivity contribution in [2.24, 2.45) is 23.2 Å². The molecule has 0 N–H and O–H groups in total. The molecule has 1 aromatic rings. The average Bonchev–Trinajstić information content (AvgIpc) is 3.24. The highest BCUT2D eigenvalue weighted by molar-refractivity contribution is 7.15. The smallest absolute Gasteiger partial charge is 0.353 e. The van der Waals surface area contributed by atoms with Crippen molar-refractivity contribution in [3.05, 3.63) is 15.8 Å². The summed E-state index contributed by atoms with van der Waals surface area (Å²) in [7, 11) is 1.76. The molecule has 2 amide bonds. The lowest BCUT2D eigenvalue weighted by atomic mass is 9.82. The second-order valence-corrected chi connectivity index (χ2v) is 13.5. The van der Waals surface area contributed by atoms with Crippen LogP contribution in [0.25, 0.3) is 0 Å². The Bertz CT molecular complexity index is 1150. The number of hydrogen-bond acceptors (Lipinski definition) is 7. The number of amides is 2. The predicted octanol–water partition coefficient (Wildman–Crippen LogP) is 5.63. The normalized spacial score (nSPS) is 21.8. The number of carbonyl (C=O) groups is 4. The van der Waals surface area contributed by atoms with E-state index in [1.165, 1.54) is 0 Å². The molecule has 0 unspecified atom stereocenters. The van der Waals surface area contributed by atoms with E-state index >= 15 is 0 Å². The molecular formula is C31H44N2O6S. The van der Waals surface area contributed by atoms with Crippen LogP contribution in [0.3, 0.4) is 0 Å². The molecule has 0 aromatic carbocycles. The number of likely N-dealkylation sites (N-methyl/N-ethyl adjacent to an activating group) is 1. The van der Waals surface area contributed by atoms with Gasteiger partial charge in [0.15, 0.2) is 0 Å². The molecular weight excluding hydrogens is 528 g/mol. The van der Waals surface area contributed by atoms with Gasteiger partial charge in [0.05, 0.1) is 16.5 Å². The number of esters is 2. The molecule has 0 bridgehead atoms. The standard InChI is InChI=1S/C31H44N2O6S/c1-20(2)29(36)38-19-39-30(37)26-25(18-23(40-26)15-16-31(4,5)6)33(24-10-8-9-17-32(7)28(24)35)27(34)22-13-11-21(3)12-14-22/h18,20-22,24H,8-14,17,19H2,1-7H3/t21?,22?,24-/m0/s1. The second kappa shape index (κ2) is 13.7. The van der Waals surface area contributed by atoms with Gasteiger partial charge in [0.25, 0.3) is 0 Å². The molecule has 2 fully saturated rings. The molecule has 0 spiro atoms. The lowest BCUT2D eigenvalue weighted by molar-refractivity contribution is -0.155. The minimum absolute atomic E-state index is 0.131. The van der Waals surface area contributed by atoms with Crippen LogP contribution in [0.15, 0.2) is 6.07 Å². The van der Waals surface area contributed by atoms with E-state index in [4.69, 9.17) is 9.47 Å².